The van der Waals surface area contributed by atoms with Gasteiger partial charge >= 0.3 is 0 Å². The summed E-state index contributed by atoms with van der Waals surface area (Å²) in [5, 5.41) is 5.81. The van der Waals surface area contributed by atoms with Crippen LogP contribution in [0.5, 0.6) is 0 Å². The van der Waals surface area contributed by atoms with E-state index in [-0.39, 0.29) is 5.17 Å². The van der Waals surface area contributed by atoms with Crippen molar-refractivity contribution >= 4 is 21.7 Å². The molecule has 1 aromatic rings. The van der Waals surface area contributed by atoms with Crippen LogP contribution in [0.2, 0.25) is 0 Å². The van der Waals surface area contributed by atoms with Crippen molar-refractivity contribution in [1.82, 2.24) is 0 Å². The molecule has 68 valence electrons. The van der Waals surface area contributed by atoms with Crippen LogP contribution in [0.15, 0.2) is 35.4 Å². The molecule has 0 fully saturated rings. The van der Waals surface area contributed by atoms with Crippen LogP contribution in [0.3, 0.4) is 0 Å². The maximum absolute atomic E-state index is 11.2. The van der Waals surface area contributed by atoms with Crippen molar-refractivity contribution < 1.29 is 4.21 Å². The SMILES string of the molecule is NC1=NN(c2ccccc2)CS1=O. The van der Waals surface area contributed by atoms with Gasteiger partial charge in [-0.3, -0.25) is 0 Å². The van der Waals surface area contributed by atoms with Crippen molar-refractivity contribution in [2.45, 2.75) is 0 Å². The summed E-state index contributed by atoms with van der Waals surface area (Å²) >= 11 is 0. The number of nitrogens with zero attached hydrogens (tertiary/aromatic N) is 2. The summed E-state index contributed by atoms with van der Waals surface area (Å²) in [4.78, 5) is 0. The lowest BCUT2D eigenvalue weighted by atomic mass is 10.3. The van der Waals surface area contributed by atoms with Gasteiger partial charge < -0.3 is 5.73 Å². The second-order valence-electron chi connectivity index (χ2n) is 2.65. The lowest BCUT2D eigenvalue weighted by Gasteiger charge is -2.10. The minimum atomic E-state index is -1.14. The lowest BCUT2D eigenvalue weighted by Crippen LogP contribution is -2.16. The first-order valence-corrected chi connectivity index (χ1v) is 5.14. The zero-order valence-corrected chi connectivity index (χ0v) is 7.70. The third kappa shape index (κ3) is 1.55. The Bertz CT molecular complexity index is 363. The molecule has 5 heteroatoms. The zero-order chi connectivity index (χ0) is 9.26. The van der Waals surface area contributed by atoms with E-state index >= 15 is 0 Å². The normalized spacial score (nSPS) is 21.7. The Labute approximate surface area is 78.5 Å². The Morgan fingerprint density at radius 1 is 1.38 bits per heavy atom. The van der Waals surface area contributed by atoms with E-state index in [2.05, 4.69) is 5.10 Å². The molecule has 0 saturated heterocycles. The standard InChI is InChI=1S/C8H9N3OS/c9-8-10-11(6-13(8)12)7-4-2-1-3-5-7/h1-5H,6H2,(H2,9,10). The van der Waals surface area contributed by atoms with Crippen LogP contribution in [0.1, 0.15) is 0 Å². The molecule has 2 N–H and O–H groups in total. The van der Waals surface area contributed by atoms with E-state index in [0.29, 0.717) is 5.88 Å². The van der Waals surface area contributed by atoms with Gasteiger partial charge in [0.2, 0.25) is 5.17 Å². The number of rotatable bonds is 1. The maximum Gasteiger partial charge on any atom is 0.210 e. The highest BCUT2D eigenvalue weighted by molar-refractivity contribution is 8.00. The smallest absolute Gasteiger partial charge is 0.210 e. The second-order valence-corrected chi connectivity index (χ2v) is 4.02. The van der Waals surface area contributed by atoms with Crippen LogP contribution in [0.25, 0.3) is 0 Å². The summed E-state index contributed by atoms with van der Waals surface area (Å²) in [7, 11) is -1.14. The highest BCUT2D eigenvalue weighted by Gasteiger charge is 2.20. The summed E-state index contributed by atoms with van der Waals surface area (Å²) in [5.74, 6) is 0.357. The van der Waals surface area contributed by atoms with Crippen molar-refractivity contribution in [2.75, 3.05) is 10.9 Å². The number of hydrogen-bond donors (Lipinski definition) is 1. The number of benzene rings is 1. The van der Waals surface area contributed by atoms with Crippen LogP contribution in [0, 0.1) is 0 Å². The van der Waals surface area contributed by atoms with Crippen LogP contribution in [-0.4, -0.2) is 15.3 Å². The topological polar surface area (TPSA) is 58.7 Å². The van der Waals surface area contributed by atoms with Gasteiger partial charge in [-0.2, -0.15) is 0 Å². The molecule has 0 spiro atoms. The van der Waals surface area contributed by atoms with Crippen molar-refractivity contribution in [3.63, 3.8) is 0 Å². The third-order valence-electron chi connectivity index (χ3n) is 1.75. The van der Waals surface area contributed by atoms with Crippen molar-refractivity contribution in [1.29, 1.82) is 0 Å². The molecule has 0 bridgehead atoms. The van der Waals surface area contributed by atoms with E-state index in [1.165, 1.54) is 0 Å². The van der Waals surface area contributed by atoms with Gasteiger partial charge in [-0.05, 0) is 12.1 Å². The molecular formula is C8H9N3OS. The molecule has 1 unspecified atom stereocenters. The molecule has 1 aromatic carbocycles. The fourth-order valence-electron chi connectivity index (χ4n) is 1.10. The number of anilines is 1. The van der Waals surface area contributed by atoms with E-state index < -0.39 is 10.8 Å². The van der Waals surface area contributed by atoms with E-state index in [1.807, 2.05) is 30.3 Å². The van der Waals surface area contributed by atoms with Crippen molar-refractivity contribution in [3.8, 4) is 0 Å². The van der Waals surface area contributed by atoms with Crippen LogP contribution < -0.4 is 10.7 Å². The Morgan fingerprint density at radius 3 is 2.62 bits per heavy atom. The molecule has 13 heavy (non-hydrogen) atoms. The predicted octanol–water partition coefficient (Wildman–Crippen LogP) is 0.443. The maximum atomic E-state index is 11.2. The molecule has 1 atom stereocenters. The fraction of sp³-hybridized carbons (Fsp3) is 0.125. The Hall–Kier alpha value is -1.36. The van der Waals surface area contributed by atoms with Gasteiger partial charge in [-0.25, -0.2) is 9.22 Å². The second kappa shape index (κ2) is 3.18. The molecule has 0 radical (unpaired) electrons. The molecule has 1 heterocycles. The van der Waals surface area contributed by atoms with Crippen molar-refractivity contribution in [2.24, 2.45) is 10.8 Å². The zero-order valence-electron chi connectivity index (χ0n) is 6.88. The fourth-order valence-corrected chi connectivity index (χ4v) is 1.85. The van der Waals surface area contributed by atoms with Crippen LogP contribution in [0.4, 0.5) is 5.69 Å². The van der Waals surface area contributed by atoms with Crippen LogP contribution >= 0.6 is 0 Å². The van der Waals surface area contributed by atoms with Gasteiger partial charge in [0, 0.05) is 0 Å². The molecule has 1 aliphatic heterocycles. The minimum absolute atomic E-state index is 0.198. The molecule has 4 nitrogen and oxygen atoms in total. The largest absolute Gasteiger partial charge is 0.375 e. The van der Waals surface area contributed by atoms with Gasteiger partial charge in [0.05, 0.1) is 5.69 Å². The third-order valence-corrected chi connectivity index (χ3v) is 2.77. The summed E-state index contributed by atoms with van der Waals surface area (Å²) < 4.78 is 11.2. The van der Waals surface area contributed by atoms with Gasteiger partial charge in [0.25, 0.3) is 0 Å². The van der Waals surface area contributed by atoms with Gasteiger partial charge in [0.1, 0.15) is 16.7 Å². The predicted molar refractivity (Wildman–Crippen MR) is 53.6 cm³/mol. The number of nitrogens with two attached hydrogens (primary N) is 1. The molecular weight excluding hydrogens is 186 g/mol. The van der Waals surface area contributed by atoms with Crippen molar-refractivity contribution in [3.05, 3.63) is 30.3 Å². The van der Waals surface area contributed by atoms with E-state index in [4.69, 9.17) is 5.73 Å². The van der Waals surface area contributed by atoms with Gasteiger partial charge in [0.15, 0.2) is 0 Å². The first-order chi connectivity index (χ1) is 6.27. The molecule has 0 aliphatic carbocycles. The van der Waals surface area contributed by atoms with Gasteiger partial charge in [-0.15, -0.1) is 5.10 Å². The average molecular weight is 195 g/mol. The highest BCUT2D eigenvalue weighted by Crippen LogP contribution is 2.17. The molecule has 0 saturated carbocycles. The van der Waals surface area contributed by atoms with E-state index in [0.717, 1.165) is 5.69 Å². The summed E-state index contributed by atoms with van der Waals surface area (Å²) in [6.07, 6.45) is 0. The molecule has 0 amide bonds. The summed E-state index contributed by atoms with van der Waals surface area (Å²) in [6, 6.07) is 9.53. The van der Waals surface area contributed by atoms with Crippen LogP contribution in [-0.2, 0) is 10.8 Å². The Morgan fingerprint density at radius 2 is 2.08 bits per heavy atom. The summed E-state index contributed by atoms with van der Waals surface area (Å²) in [6.45, 7) is 0. The number of hydrogen-bond acceptors (Lipinski definition) is 4. The first kappa shape index (κ1) is 8.25. The average Bonchev–Trinajstić information content (AvgIpc) is 2.49. The first-order valence-electron chi connectivity index (χ1n) is 3.82. The quantitative estimate of drug-likeness (QED) is 0.707. The summed E-state index contributed by atoms with van der Waals surface area (Å²) in [5.41, 5.74) is 6.33. The monoisotopic (exact) mass is 195 g/mol. The Kier molecular flexibility index (Phi) is 2.02. The number of amidine groups is 1. The number of hydrazone groups is 1. The minimum Gasteiger partial charge on any atom is -0.375 e. The highest BCUT2D eigenvalue weighted by atomic mass is 32.2. The lowest BCUT2D eigenvalue weighted by molar-refractivity contribution is 0.690. The van der Waals surface area contributed by atoms with E-state index in [9.17, 15) is 4.21 Å². The van der Waals surface area contributed by atoms with Gasteiger partial charge in [-0.1, -0.05) is 18.2 Å². The number of para-hydroxylation sites is 1. The molecule has 1 aliphatic rings. The Balaban J connectivity index is 2.27. The van der Waals surface area contributed by atoms with E-state index in [1.54, 1.807) is 5.01 Å². The molecule has 0 aromatic heterocycles. The molecule has 2 rings (SSSR count).